The Morgan fingerprint density at radius 2 is 2.00 bits per heavy atom. The van der Waals surface area contributed by atoms with Gasteiger partial charge in [-0.2, -0.15) is 0 Å². The van der Waals surface area contributed by atoms with Crippen LogP contribution in [0.2, 0.25) is 0 Å². The third-order valence-electron chi connectivity index (χ3n) is 5.18. The summed E-state index contributed by atoms with van der Waals surface area (Å²) in [6, 6.07) is 0.484. The van der Waals surface area contributed by atoms with Crippen LogP contribution in [0.25, 0.3) is 0 Å². The van der Waals surface area contributed by atoms with Crippen molar-refractivity contribution < 1.29 is 9.53 Å². The Bertz CT molecular complexity index is 373. The van der Waals surface area contributed by atoms with Gasteiger partial charge in [-0.15, -0.1) is 0 Å². The van der Waals surface area contributed by atoms with Gasteiger partial charge in [-0.1, -0.05) is 0 Å². The van der Waals surface area contributed by atoms with Crippen molar-refractivity contribution >= 4 is 6.03 Å². The Hall–Kier alpha value is -0.810. The van der Waals surface area contributed by atoms with Crippen molar-refractivity contribution in [3.8, 4) is 0 Å². The number of carbonyl (C=O) groups is 1. The summed E-state index contributed by atoms with van der Waals surface area (Å²) >= 11 is 0. The average molecular weight is 309 g/mol. The largest absolute Gasteiger partial charge is 0.381 e. The van der Waals surface area contributed by atoms with Gasteiger partial charge in [-0.3, -0.25) is 0 Å². The molecule has 5 heteroatoms. The van der Waals surface area contributed by atoms with Crippen LogP contribution in [0.4, 0.5) is 4.79 Å². The van der Waals surface area contributed by atoms with Gasteiger partial charge >= 0.3 is 6.03 Å². The third-order valence-corrected chi connectivity index (χ3v) is 5.18. The normalized spacial score (nSPS) is 29.8. The first-order valence-corrected chi connectivity index (χ1v) is 9.10. The molecule has 3 fully saturated rings. The lowest BCUT2D eigenvalue weighted by Crippen LogP contribution is -2.49. The number of hydrogen-bond donors (Lipinski definition) is 1. The molecule has 1 N–H and O–H groups in total. The summed E-state index contributed by atoms with van der Waals surface area (Å²) in [7, 11) is 0. The molecule has 2 heterocycles. The summed E-state index contributed by atoms with van der Waals surface area (Å²) in [5.41, 5.74) is 0. The Morgan fingerprint density at radius 3 is 2.77 bits per heavy atom. The predicted molar refractivity (Wildman–Crippen MR) is 86.9 cm³/mol. The molecule has 2 saturated heterocycles. The molecular weight excluding hydrogens is 278 g/mol. The summed E-state index contributed by atoms with van der Waals surface area (Å²) in [5, 5.41) is 3.25. The standard InChI is InChI=1S/C17H31N3O2/c1-2-22-13-15-4-3-8-20(11-15)17(21)18-16-7-9-19(12-16)10-14-5-6-14/h14-16H,2-13H2,1H3,(H,18,21)/t15-,16+/m0/s1. The molecule has 0 radical (unpaired) electrons. The molecule has 0 unspecified atom stereocenters. The van der Waals surface area contributed by atoms with Crippen molar-refractivity contribution in [3.05, 3.63) is 0 Å². The molecule has 22 heavy (non-hydrogen) atoms. The van der Waals surface area contributed by atoms with E-state index in [4.69, 9.17) is 4.74 Å². The maximum Gasteiger partial charge on any atom is 0.317 e. The van der Waals surface area contributed by atoms with Gasteiger partial charge in [0.2, 0.25) is 0 Å². The van der Waals surface area contributed by atoms with Gasteiger partial charge in [0, 0.05) is 51.3 Å². The molecule has 3 rings (SSSR count). The van der Waals surface area contributed by atoms with E-state index in [-0.39, 0.29) is 6.03 Å². The van der Waals surface area contributed by atoms with Crippen LogP contribution in [0.5, 0.6) is 0 Å². The van der Waals surface area contributed by atoms with Crippen LogP contribution in [-0.4, -0.2) is 67.8 Å². The SMILES string of the molecule is CCOC[C@H]1CCCN(C(=O)N[C@@H]2CCN(CC3CC3)C2)C1. The van der Waals surface area contributed by atoms with Crippen LogP contribution < -0.4 is 5.32 Å². The lowest BCUT2D eigenvalue weighted by atomic mass is 9.99. The van der Waals surface area contributed by atoms with Gasteiger partial charge in [-0.25, -0.2) is 4.79 Å². The Kier molecular flexibility index (Phi) is 5.58. The number of piperidine rings is 1. The molecular formula is C17H31N3O2. The molecule has 0 bridgehead atoms. The molecule has 2 amide bonds. The fourth-order valence-corrected chi connectivity index (χ4v) is 3.72. The van der Waals surface area contributed by atoms with Gasteiger partial charge in [0.15, 0.2) is 0 Å². The number of urea groups is 1. The highest BCUT2D eigenvalue weighted by Crippen LogP contribution is 2.30. The van der Waals surface area contributed by atoms with Crippen LogP contribution in [0, 0.1) is 11.8 Å². The first-order valence-electron chi connectivity index (χ1n) is 9.10. The fourth-order valence-electron chi connectivity index (χ4n) is 3.72. The van der Waals surface area contributed by atoms with Crippen molar-refractivity contribution in [1.29, 1.82) is 0 Å². The van der Waals surface area contributed by atoms with E-state index >= 15 is 0 Å². The van der Waals surface area contributed by atoms with E-state index in [1.54, 1.807) is 0 Å². The van der Waals surface area contributed by atoms with Gasteiger partial charge < -0.3 is 19.9 Å². The van der Waals surface area contributed by atoms with E-state index in [0.717, 1.165) is 58.2 Å². The van der Waals surface area contributed by atoms with Crippen molar-refractivity contribution in [3.63, 3.8) is 0 Å². The van der Waals surface area contributed by atoms with E-state index in [9.17, 15) is 4.79 Å². The van der Waals surface area contributed by atoms with Crippen LogP contribution >= 0.6 is 0 Å². The third kappa shape index (κ3) is 4.59. The maximum atomic E-state index is 12.5. The summed E-state index contributed by atoms with van der Waals surface area (Å²) < 4.78 is 5.53. The van der Waals surface area contributed by atoms with Crippen molar-refractivity contribution in [2.75, 3.05) is 45.9 Å². The van der Waals surface area contributed by atoms with Crippen molar-refractivity contribution in [1.82, 2.24) is 15.1 Å². The average Bonchev–Trinajstić information content (AvgIpc) is 3.24. The highest BCUT2D eigenvalue weighted by molar-refractivity contribution is 5.74. The smallest absolute Gasteiger partial charge is 0.317 e. The summed E-state index contributed by atoms with van der Waals surface area (Å²) in [6.07, 6.45) is 6.20. The Balaban J connectivity index is 1.39. The first-order chi connectivity index (χ1) is 10.7. The molecule has 0 spiro atoms. The predicted octanol–water partition coefficient (Wildman–Crippen LogP) is 1.93. The number of nitrogens with one attached hydrogen (secondary N) is 1. The van der Waals surface area contributed by atoms with Crippen LogP contribution in [0.3, 0.4) is 0 Å². The fraction of sp³-hybridized carbons (Fsp3) is 0.941. The zero-order valence-corrected chi connectivity index (χ0v) is 13.9. The molecule has 1 saturated carbocycles. The highest BCUT2D eigenvalue weighted by Gasteiger charge is 2.31. The number of carbonyl (C=O) groups excluding carboxylic acids is 1. The molecule has 2 aliphatic heterocycles. The number of amides is 2. The maximum absolute atomic E-state index is 12.5. The molecule has 2 atom stereocenters. The molecule has 0 aromatic heterocycles. The monoisotopic (exact) mass is 309 g/mol. The Morgan fingerprint density at radius 1 is 1.14 bits per heavy atom. The van der Waals surface area contributed by atoms with Crippen LogP contribution in [0.1, 0.15) is 39.0 Å². The number of likely N-dealkylation sites (tertiary alicyclic amines) is 2. The summed E-state index contributed by atoms with van der Waals surface area (Å²) in [6.45, 7) is 8.76. The number of rotatable bonds is 6. The lowest BCUT2D eigenvalue weighted by molar-refractivity contribution is 0.0752. The van der Waals surface area contributed by atoms with E-state index in [2.05, 4.69) is 10.2 Å². The van der Waals surface area contributed by atoms with E-state index in [0.29, 0.717) is 12.0 Å². The molecule has 0 aromatic rings. The topological polar surface area (TPSA) is 44.8 Å². The van der Waals surface area contributed by atoms with Crippen LogP contribution in [-0.2, 0) is 4.74 Å². The molecule has 0 aromatic carbocycles. The minimum Gasteiger partial charge on any atom is -0.381 e. The number of ether oxygens (including phenoxy) is 1. The van der Waals surface area contributed by atoms with Crippen molar-refractivity contribution in [2.24, 2.45) is 11.8 Å². The molecule has 5 nitrogen and oxygen atoms in total. The quantitative estimate of drug-likeness (QED) is 0.815. The number of nitrogens with zero attached hydrogens (tertiary/aromatic N) is 2. The molecule has 3 aliphatic rings. The summed E-state index contributed by atoms with van der Waals surface area (Å²) in [5.74, 6) is 1.45. The second-order valence-corrected chi connectivity index (χ2v) is 7.25. The first kappa shape index (κ1) is 16.1. The molecule has 126 valence electrons. The second-order valence-electron chi connectivity index (χ2n) is 7.25. The van der Waals surface area contributed by atoms with E-state index in [1.165, 1.54) is 25.8 Å². The summed E-state index contributed by atoms with van der Waals surface area (Å²) in [4.78, 5) is 17.0. The van der Waals surface area contributed by atoms with Crippen molar-refractivity contribution in [2.45, 2.75) is 45.1 Å². The van der Waals surface area contributed by atoms with Gasteiger partial charge in [0.1, 0.15) is 0 Å². The van der Waals surface area contributed by atoms with E-state index in [1.807, 2.05) is 11.8 Å². The van der Waals surface area contributed by atoms with Gasteiger partial charge in [0.25, 0.3) is 0 Å². The van der Waals surface area contributed by atoms with Gasteiger partial charge in [0.05, 0.1) is 6.61 Å². The van der Waals surface area contributed by atoms with E-state index < -0.39 is 0 Å². The minimum absolute atomic E-state index is 0.138. The minimum atomic E-state index is 0.138. The van der Waals surface area contributed by atoms with Crippen LogP contribution in [0.15, 0.2) is 0 Å². The number of hydrogen-bond acceptors (Lipinski definition) is 3. The zero-order chi connectivity index (χ0) is 15.4. The molecule has 1 aliphatic carbocycles. The Labute approximate surface area is 134 Å². The lowest BCUT2D eigenvalue weighted by Gasteiger charge is -2.33. The highest BCUT2D eigenvalue weighted by atomic mass is 16.5. The van der Waals surface area contributed by atoms with Gasteiger partial charge in [-0.05, 0) is 44.9 Å². The second kappa shape index (κ2) is 7.64. The zero-order valence-electron chi connectivity index (χ0n) is 13.9.